The number of carbonyl (C=O) groups is 1. The Morgan fingerprint density at radius 3 is 2.87 bits per heavy atom. The number of thiazole rings is 1. The highest BCUT2D eigenvalue weighted by Gasteiger charge is 2.10. The molecule has 0 atom stereocenters. The molecular formula is C17H17N3O2S. The third kappa shape index (κ3) is 3.49. The van der Waals surface area contributed by atoms with Crippen LogP contribution in [0.1, 0.15) is 0 Å². The minimum atomic E-state index is -0.250. The van der Waals surface area contributed by atoms with E-state index in [9.17, 15) is 4.79 Å². The molecule has 0 aliphatic rings. The number of para-hydroxylation sites is 1. The Balaban J connectivity index is 1.83. The molecule has 23 heavy (non-hydrogen) atoms. The number of anilines is 1. The van der Waals surface area contributed by atoms with Crippen molar-refractivity contribution in [3.63, 3.8) is 0 Å². The van der Waals surface area contributed by atoms with E-state index in [0.29, 0.717) is 12.2 Å². The van der Waals surface area contributed by atoms with Crippen LogP contribution >= 0.6 is 11.3 Å². The first-order chi connectivity index (χ1) is 11.2. The van der Waals surface area contributed by atoms with E-state index in [0.717, 1.165) is 20.8 Å². The zero-order valence-electron chi connectivity index (χ0n) is 12.7. The van der Waals surface area contributed by atoms with Gasteiger partial charge in [-0.05, 0) is 24.3 Å². The van der Waals surface area contributed by atoms with Crippen LogP contribution in [0.15, 0.2) is 48.5 Å². The highest BCUT2D eigenvalue weighted by molar-refractivity contribution is 7.21. The lowest BCUT2D eigenvalue weighted by Crippen LogP contribution is -2.33. The molecule has 0 saturated heterocycles. The van der Waals surface area contributed by atoms with Crippen molar-refractivity contribution in [2.24, 2.45) is 0 Å². The number of nitrogens with zero attached hydrogens (tertiary/aromatic N) is 2. The van der Waals surface area contributed by atoms with E-state index in [2.05, 4.69) is 10.3 Å². The zero-order chi connectivity index (χ0) is 16.2. The number of nitrogens with one attached hydrogen (secondary N) is 1. The summed E-state index contributed by atoms with van der Waals surface area (Å²) in [4.78, 5) is 18.0. The number of rotatable bonds is 4. The third-order valence-electron chi connectivity index (χ3n) is 3.44. The summed E-state index contributed by atoms with van der Waals surface area (Å²) in [5.74, 6) is 0. The maximum atomic E-state index is 12.0. The first kappa shape index (κ1) is 15.5. The molecule has 5 nitrogen and oxygen atoms in total. The van der Waals surface area contributed by atoms with Gasteiger partial charge >= 0.3 is 6.03 Å². The molecule has 3 aromatic rings. The van der Waals surface area contributed by atoms with E-state index in [1.807, 2.05) is 48.5 Å². The van der Waals surface area contributed by atoms with Crippen LogP contribution in [0.5, 0.6) is 0 Å². The van der Waals surface area contributed by atoms with Crippen LogP contribution in [0.4, 0.5) is 10.5 Å². The van der Waals surface area contributed by atoms with Crippen LogP contribution in [-0.4, -0.2) is 41.2 Å². The second-order valence-corrected chi connectivity index (χ2v) is 6.17. The summed E-state index contributed by atoms with van der Waals surface area (Å²) in [6, 6.07) is 15.4. The number of aliphatic hydroxyl groups is 1. The first-order valence-corrected chi connectivity index (χ1v) is 8.08. The fraction of sp³-hybridized carbons (Fsp3) is 0.176. The SMILES string of the molecule is CN(CCO)C(=O)Nc1cccc(-c2nc3ccccc3s2)c1. The Bertz CT molecular complexity index is 798. The monoisotopic (exact) mass is 327 g/mol. The second-order valence-electron chi connectivity index (χ2n) is 5.14. The number of urea groups is 1. The van der Waals surface area contributed by atoms with Crippen molar-refractivity contribution < 1.29 is 9.90 Å². The highest BCUT2D eigenvalue weighted by Crippen LogP contribution is 2.31. The predicted octanol–water partition coefficient (Wildman–Crippen LogP) is 3.42. The summed E-state index contributed by atoms with van der Waals surface area (Å²) in [6.07, 6.45) is 0. The fourth-order valence-electron chi connectivity index (χ4n) is 2.20. The minimum Gasteiger partial charge on any atom is -0.395 e. The molecule has 2 aromatic carbocycles. The molecule has 2 amide bonds. The summed E-state index contributed by atoms with van der Waals surface area (Å²) in [7, 11) is 1.64. The molecule has 0 fully saturated rings. The average Bonchev–Trinajstić information content (AvgIpc) is 2.99. The zero-order valence-corrected chi connectivity index (χ0v) is 13.5. The van der Waals surface area contributed by atoms with Gasteiger partial charge < -0.3 is 15.3 Å². The number of amides is 2. The molecule has 0 spiro atoms. The van der Waals surface area contributed by atoms with Crippen molar-refractivity contribution in [3.8, 4) is 10.6 Å². The molecule has 0 aliphatic heterocycles. The Kier molecular flexibility index (Phi) is 4.55. The third-order valence-corrected chi connectivity index (χ3v) is 4.52. The normalized spacial score (nSPS) is 10.7. The number of aliphatic hydroxyl groups excluding tert-OH is 1. The smallest absolute Gasteiger partial charge is 0.321 e. The largest absolute Gasteiger partial charge is 0.395 e. The lowest BCUT2D eigenvalue weighted by molar-refractivity contribution is 0.202. The average molecular weight is 327 g/mol. The van der Waals surface area contributed by atoms with Crippen molar-refractivity contribution in [1.29, 1.82) is 0 Å². The molecular weight excluding hydrogens is 310 g/mol. The van der Waals surface area contributed by atoms with Gasteiger partial charge in [0.25, 0.3) is 0 Å². The topological polar surface area (TPSA) is 65.5 Å². The minimum absolute atomic E-state index is 0.0599. The molecule has 3 rings (SSSR count). The van der Waals surface area contributed by atoms with Crippen molar-refractivity contribution in [3.05, 3.63) is 48.5 Å². The van der Waals surface area contributed by atoms with Crippen LogP contribution in [0.3, 0.4) is 0 Å². The van der Waals surface area contributed by atoms with Gasteiger partial charge in [0.05, 0.1) is 16.8 Å². The number of carbonyl (C=O) groups excluding carboxylic acids is 1. The molecule has 0 radical (unpaired) electrons. The lowest BCUT2D eigenvalue weighted by atomic mass is 10.2. The van der Waals surface area contributed by atoms with Gasteiger partial charge in [0.2, 0.25) is 0 Å². The van der Waals surface area contributed by atoms with Crippen molar-refractivity contribution >= 4 is 33.3 Å². The van der Waals surface area contributed by atoms with Crippen LogP contribution in [0.25, 0.3) is 20.8 Å². The molecule has 0 aliphatic carbocycles. The fourth-order valence-corrected chi connectivity index (χ4v) is 3.16. The van der Waals surface area contributed by atoms with E-state index in [1.54, 1.807) is 18.4 Å². The molecule has 0 saturated carbocycles. The van der Waals surface area contributed by atoms with E-state index < -0.39 is 0 Å². The van der Waals surface area contributed by atoms with E-state index in [-0.39, 0.29) is 12.6 Å². The summed E-state index contributed by atoms with van der Waals surface area (Å²) in [6.45, 7) is 0.235. The van der Waals surface area contributed by atoms with Crippen LogP contribution in [-0.2, 0) is 0 Å². The maximum Gasteiger partial charge on any atom is 0.321 e. The van der Waals surface area contributed by atoms with Gasteiger partial charge in [-0.15, -0.1) is 11.3 Å². The highest BCUT2D eigenvalue weighted by atomic mass is 32.1. The summed E-state index contributed by atoms with van der Waals surface area (Å²) in [5, 5.41) is 12.6. The summed E-state index contributed by atoms with van der Waals surface area (Å²) < 4.78 is 1.14. The van der Waals surface area contributed by atoms with Gasteiger partial charge in [0.15, 0.2) is 0 Å². The quantitative estimate of drug-likeness (QED) is 0.771. The van der Waals surface area contributed by atoms with Crippen LogP contribution in [0.2, 0.25) is 0 Å². The van der Waals surface area contributed by atoms with E-state index >= 15 is 0 Å². The van der Waals surface area contributed by atoms with Crippen LogP contribution < -0.4 is 5.32 Å². The first-order valence-electron chi connectivity index (χ1n) is 7.26. The number of aromatic nitrogens is 1. The number of hydrogen-bond acceptors (Lipinski definition) is 4. The number of hydrogen-bond donors (Lipinski definition) is 2. The van der Waals surface area contributed by atoms with Crippen LogP contribution in [0, 0.1) is 0 Å². The molecule has 0 bridgehead atoms. The molecule has 1 heterocycles. The van der Waals surface area contributed by atoms with Crippen molar-refractivity contribution in [1.82, 2.24) is 9.88 Å². The van der Waals surface area contributed by atoms with Gasteiger partial charge in [0.1, 0.15) is 5.01 Å². The van der Waals surface area contributed by atoms with Crippen molar-refractivity contribution in [2.75, 3.05) is 25.5 Å². The lowest BCUT2D eigenvalue weighted by Gasteiger charge is -2.16. The Morgan fingerprint density at radius 2 is 2.09 bits per heavy atom. The van der Waals surface area contributed by atoms with Crippen molar-refractivity contribution in [2.45, 2.75) is 0 Å². The van der Waals surface area contributed by atoms with Gasteiger partial charge in [0, 0.05) is 24.8 Å². The molecule has 2 N–H and O–H groups in total. The molecule has 0 unspecified atom stereocenters. The standard InChI is InChI=1S/C17H17N3O2S/c1-20(9-10-21)17(22)18-13-6-4-5-12(11-13)16-19-14-7-2-3-8-15(14)23-16/h2-8,11,21H,9-10H2,1H3,(H,18,22). The molecule has 1 aromatic heterocycles. The molecule has 6 heteroatoms. The Labute approximate surface area is 138 Å². The number of benzene rings is 2. The number of likely N-dealkylation sites (N-methyl/N-ethyl adjacent to an activating group) is 1. The summed E-state index contributed by atoms with van der Waals surface area (Å²) in [5.41, 5.74) is 2.65. The van der Waals surface area contributed by atoms with E-state index in [4.69, 9.17) is 5.11 Å². The van der Waals surface area contributed by atoms with E-state index in [1.165, 1.54) is 4.90 Å². The van der Waals surface area contributed by atoms with Gasteiger partial charge in [-0.2, -0.15) is 0 Å². The van der Waals surface area contributed by atoms with Gasteiger partial charge in [-0.1, -0.05) is 24.3 Å². The second kappa shape index (κ2) is 6.76. The predicted molar refractivity (Wildman–Crippen MR) is 93.8 cm³/mol. The Morgan fingerprint density at radius 1 is 1.26 bits per heavy atom. The maximum absolute atomic E-state index is 12.0. The Hall–Kier alpha value is -2.44. The van der Waals surface area contributed by atoms with Gasteiger partial charge in [-0.3, -0.25) is 0 Å². The van der Waals surface area contributed by atoms with Gasteiger partial charge in [-0.25, -0.2) is 9.78 Å². The molecule has 118 valence electrons. The number of fused-ring (bicyclic) bond motifs is 1. The summed E-state index contributed by atoms with van der Waals surface area (Å²) >= 11 is 1.63.